The van der Waals surface area contributed by atoms with E-state index in [0.717, 1.165) is 12.1 Å². The van der Waals surface area contributed by atoms with Crippen molar-refractivity contribution in [3.05, 3.63) is 35.4 Å². The maximum absolute atomic E-state index is 12.4. The molecule has 0 amide bonds. The Labute approximate surface area is 114 Å². The van der Waals surface area contributed by atoms with Gasteiger partial charge in [0.1, 0.15) is 0 Å². The molecule has 1 aliphatic heterocycles. The van der Waals surface area contributed by atoms with Crippen molar-refractivity contribution in [2.75, 3.05) is 11.5 Å². The van der Waals surface area contributed by atoms with Gasteiger partial charge < -0.3 is 10.4 Å². The third-order valence-electron chi connectivity index (χ3n) is 3.17. The second-order valence-corrected chi connectivity index (χ2v) is 6.98. The van der Waals surface area contributed by atoms with E-state index in [-0.39, 0.29) is 18.1 Å². The number of hydrogen-bond acceptors (Lipinski definition) is 4. The molecule has 1 aromatic carbocycles. The van der Waals surface area contributed by atoms with Crippen molar-refractivity contribution in [3.63, 3.8) is 0 Å². The van der Waals surface area contributed by atoms with Crippen LogP contribution in [0.1, 0.15) is 11.1 Å². The molecule has 0 aromatic heterocycles. The number of halogens is 3. The lowest BCUT2D eigenvalue weighted by molar-refractivity contribution is -0.137. The molecule has 1 heterocycles. The molecule has 2 N–H and O–H groups in total. The van der Waals surface area contributed by atoms with Crippen molar-refractivity contribution in [1.82, 2.24) is 5.32 Å². The van der Waals surface area contributed by atoms with Gasteiger partial charge in [-0.15, -0.1) is 0 Å². The van der Waals surface area contributed by atoms with Crippen LogP contribution in [0.5, 0.6) is 0 Å². The van der Waals surface area contributed by atoms with Gasteiger partial charge in [0.2, 0.25) is 0 Å². The standard InChI is InChI=1S/C12H14F3NO3S/c13-12(14,15)9-3-1-8(2-4-9)5-16-10-6-20(18,19)7-11(10)17/h1-4,10-11,16-17H,5-7H2. The van der Waals surface area contributed by atoms with Crippen LogP contribution in [0, 0.1) is 0 Å². The molecule has 8 heteroatoms. The highest BCUT2D eigenvalue weighted by Gasteiger charge is 2.36. The summed E-state index contributed by atoms with van der Waals surface area (Å²) in [5.74, 6) is -0.438. The molecule has 2 rings (SSSR count). The Hall–Kier alpha value is -1.12. The lowest BCUT2D eigenvalue weighted by Gasteiger charge is -2.15. The Kier molecular flexibility index (Phi) is 4.08. The molecule has 2 unspecified atom stereocenters. The Balaban J connectivity index is 1.95. The van der Waals surface area contributed by atoms with Gasteiger partial charge in [-0.2, -0.15) is 13.2 Å². The molecule has 1 aliphatic rings. The van der Waals surface area contributed by atoms with Gasteiger partial charge in [0.15, 0.2) is 9.84 Å². The Morgan fingerprint density at radius 1 is 1.20 bits per heavy atom. The summed E-state index contributed by atoms with van der Waals surface area (Å²) < 4.78 is 59.7. The fourth-order valence-electron chi connectivity index (χ4n) is 2.08. The number of aliphatic hydroxyl groups excluding tert-OH is 1. The smallest absolute Gasteiger partial charge is 0.390 e. The summed E-state index contributed by atoms with van der Waals surface area (Å²) >= 11 is 0. The van der Waals surface area contributed by atoms with E-state index in [0.29, 0.717) is 5.56 Å². The van der Waals surface area contributed by atoms with Crippen molar-refractivity contribution in [2.45, 2.75) is 24.9 Å². The largest absolute Gasteiger partial charge is 0.416 e. The highest BCUT2D eigenvalue weighted by atomic mass is 32.2. The lowest BCUT2D eigenvalue weighted by Crippen LogP contribution is -2.38. The Bertz CT molecular complexity index is 569. The van der Waals surface area contributed by atoms with Gasteiger partial charge in [-0.25, -0.2) is 8.42 Å². The zero-order valence-electron chi connectivity index (χ0n) is 10.4. The van der Waals surface area contributed by atoms with E-state index in [2.05, 4.69) is 5.32 Å². The minimum atomic E-state index is -4.37. The van der Waals surface area contributed by atoms with Crippen LogP contribution in [-0.2, 0) is 22.6 Å². The quantitative estimate of drug-likeness (QED) is 0.872. The zero-order chi connectivity index (χ0) is 15.0. The molecule has 1 fully saturated rings. The number of sulfone groups is 1. The molecule has 20 heavy (non-hydrogen) atoms. The fourth-order valence-corrected chi connectivity index (χ4v) is 3.86. The first-order chi connectivity index (χ1) is 9.17. The van der Waals surface area contributed by atoms with E-state index in [4.69, 9.17) is 0 Å². The minimum Gasteiger partial charge on any atom is -0.390 e. The average Bonchev–Trinajstić information content (AvgIpc) is 2.59. The molecule has 2 atom stereocenters. The number of hydrogen-bond donors (Lipinski definition) is 2. The summed E-state index contributed by atoms with van der Waals surface area (Å²) in [5.41, 5.74) is -0.140. The van der Waals surface area contributed by atoms with Crippen LogP contribution in [0.25, 0.3) is 0 Å². The molecule has 1 saturated heterocycles. The Morgan fingerprint density at radius 2 is 1.80 bits per heavy atom. The van der Waals surface area contributed by atoms with Crippen molar-refractivity contribution >= 4 is 9.84 Å². The number of rotatable bonds is 3. The SMILES string of the molecule is O=S1(=O)CC(O)C(NCc2ccc(C(F)(F)F)cc2)C1. The van der Waals surface area contributed by atoms with Gasteiger partial charge >= 0.3 is 6.18 Å². The van der Waals surface area contributed by atoms with Gasteiger partial charge in [-0.3, -0.25) is 0 Å². The van der Waals surface area contributed by atoms with Crippen LogP contribution in [-0.4, -0.2) is 37.2 Å². The first-order valence-electron chi connectivity index (χ1n) is 5.95. The van der Waals surface area contributed by atoms with Crippen molar-refractivity contribution < 1.29 is 26.7 Å². The number of benzene rings is 1. The highest BCUT2D eigenvalue weighted by molar-refractivity contribution is 7.91. The molecule has 0 bridgehead atoms. The Morgan fingerprint density at radius 3 is 2.25 bits per heavy atom. The van der Waals surface area contributed by atoms with Crippen LogP contribution in [0.2, 0.25) is 0 Å². The van der Waals surface area contributed by atoms with Crippen LogP contribution in [0.4, 0.5) is 13.2 Å². The summed E-state index contributed by atoms with van der Waals surface area (Å²) in [6.07, 6.45) is -5.35. The summed E-state index contributed by atoms with van der Waals surface area (Å²) in [5, 5.41) is 12.4. The van der Waals surface area contributed by atoms with Gasteiger partial charge in [0.05, 0.1) is 23.2 Å². The average molecular weight is 309 g/mol. The van der Waals surface area contributed by atoms with Crippen LogP contribution in [0.15, 0.2) is 24.3 Å². The summed E-state index contributed by atoms with van der Waals surface area (Å²) in [6.45, 7) is 0.204. The number of aliphatic hydroxyl groups is 1. The van der Waals surface area contributed by atoms with E-state index in [1.807, 2.05) is 0 Å². The second-order valence-electron chi connectivity index (χ2n) is 4.83. The normalized spacial score (nSPS) is 25.8. The molecule has 112 valence electrons. The third kappa shape index (κ3) is 3.71. The topological polar surface area (TPSA) is 66.4 Å². The molecule has 4 nitrogen and oxygen atoms in total. The van der Waals surface area contributed by atoms with E-state index >= 15 is 0 Å². The fraction of sp³-hybridized carbons (Fsp3) is 0.500. The molecule has 0 radical (unpaired) electrons. The summed E-state index contributed by atoms with van der Waals surface area (Å²) in [6, 6.07) is 4.01. The molecular formula is C12H14F3NO3S. The summed E-state index contributed by atoms with van der Waals surface area (Å²) in [4.78, 5) is 0. The predicted octanol–water partition coefficient (Wildman–Crippen LogP) is 0.953. The first-order valence-corrected chi connectivity index (χ1v) is 7.77. The highest BCUT2D eigenvalue weighted by Crippen LogP contribution is 2.29. The molecule has 1 aromatic rings. The van der Waals surface area contributed by atoms with E-state index in [9.17, 15) is 26.7 Å². The minimum absolute atomic E-state index is 0.158. The van der Waals surface area contributed by atoms with Crippen LogP contribution >= 0.6 is 0 Å². The molecular weight excluding hydrogens is 295 g/mol. The number of nitrogens with one attached hydrogen (secondary N) is 1. The predicted molar refractivity (Wildman–Crippen MR) is 66.7 cm³/mol. The zero-order valence-corrected chi connectivity index (χ0v) is 11.2. The lowest BCUT2D eigenvalue weighted by atomic mass is 10.1. The van der Waals surface area contributed by atoms with Gasteiger partial charge in [-0.1, -0.05) is 12.1 Å². The molecule has 0 spiro atoms. The van der Waals surface area contributed by atoms with Crippen molar-refractivity contribution in [3.8, 4) is 0 Å². The monoisotopic (exact) mass is 309 g/mol. The van der Waals surface area contributed by atoms with Crippen LogP contribution in [0.3, 0.4) is 0 Å². The van der Waals surface area contributed by atoms with Gasteiger partial charge in [-0.05, 0) is 17.7 Å². The third-order valence-corrected chi connectivity index (χ3v) is 4.89. The molecule has 0 aliphatic carbocycles. The van der Waals surface area contributed by atoms with E-state index in [1.54, 1.807) is 0 Å². The van der Waals surface area contributed by atoms with Gasteiger partial charge in [0, 0.05) is 12.6 Å². The van der Waals surface area contributed by atoms with Crippen molar-refractivity contribution in [1.29, 1.82) is 0 Å². The van der Waals surface area contributed by atoms with Crippen LogP contribution < -0.4 is 5.32 Å². The first kappa shape index (κ1) is 15.3. The maximum atomic E-state index is 12.4. The van der Waals surface area contributed by atoms with E-state index in [1.165, 1.54) is 12.1 Å². The summed E-state index contributed by atoms with van der Waals surface area (Å²) in [7, 11) is -3.24. The molecule has 0 saturated carbocycles. The second kappa shape index (κ2) is 5.34. The van der Waals surface area contributed by atoms with Gasteiger partial charge in [0.25, 0.3) is 0 Å². The van der Waals surface area contributed by atoms with E-state index < -0.39 is 33.7 Å². The maximum Gasteiger partial charge on any atom is 0.416 e. The number of alkyl halides is 3. The van der Waals surface area contributed by atoms with Crippen molar-refractivity contribution in [2.24, 2.45) is 0 Å².